The van der Waals surface area contributed by atoms with Crippen molar-refractivity contribution in [2.75, 3.05) is 13.1 Å². The van der Waals surface area contributed by atoms with E-state index in [4.69, 9.17) is 0 Å². The average Bonchev–Trinajstić information content (AvgIpc) is 3.26. The number of rotatable bonds is 6. The number of H-pyrrole nitrogens is 1. The third-order valence-electron chi connectivity index (χ3n) is 6.42. The molecule has 1 aliphatic rings. The molecular formula is C28H28N4O2. The minimum Gasteiger partial charge on any atom is -0.354 e. The standard InChI is InChI=1S/C28H28N4O2/c33-27-24(16-9-17-29-27)32-28(34)30-18-22(19-10-3-1-4-11-19)25-21-14-7-8-15-23(21)31-26(25)20-12-5-2-6-13-20/h1-8,10-15,22,24,31H,9,16-18H2,(H,29,33)(H2,30,32,34). The lowest BCUT2D eigenvalue weighted by molar-refractivity contribution is -0.124. The fraction of sp³-hybridized carbons (Fsp3) is 0.214. The molecule has 34 heavy (non-hydrogen) atoms. The van der Waals surface area contributed by atoms with Crippen molar-refractivity contribution in [1.82, 2.24) is 20.9 Å². The van der Waals surface area contributed by atoms with Crippen LogP contribution in [-0.4, -0.2) is 36.1 Å². The predicted molar refractivity (Wildman–Crippen MR) is 135 cm³/mol. The summed E-state index contributed by atoms with van der Waals surface area (Å²) < 4.78 is 0. The fourth-order valence-electron chi connectivity index (χ4n) is 4.74. The summed E-state index contributed by atoms with van der Waals surface area (Å²) >= 11 is 0. The van der Waals surface area contributed by atoms with Gasteiger partial charge in [-0.15, -0.1) is 0 Å². The molecule has 2 heterocycles. The predicted octanol–water partition coefficient (Wildman–Crippen LogP) is 4.54. The van der Waals surface area contributed by atoms with Gasteiger partial charge >= 0.3 is 6.03 Å². The summed E-state index contributed by atoms with van der Waals surface area (Å²) in [5.74, 6) is -0.206. The number of benzene rings is 3. The molecule has 1 fully saturated rings. The lowest BCUT2D eigenvalue weighted by Gasteiger charge is -2.24. The van der Waals surface area contributed by atoms with Crippen molar-refractivity contribution in [2.45, 2.75) is 24.8 Å². The maximum atomic E-state index is 12.8. The van der Waals surface area contributed by atoms with E-state index in [1.165, 1.54) is 0 Å². The van der Waals surface area contributed by atoms with Crippen molar-refractivity contribution in [1.29, 1.82) is 0 Å². The van der Waals surface area contributed by atoms with E-state index in [-0.39, 0.29) is 17.9 Å². The molecule has 5 rings (SSSR count). The van der Waals surface area contributed by atoms with E-state index in [0.717, 1.165) is 39.7 Å². The molecule has 6 nitrogen and oxygen atoms in total. The molecule has 2 atom stereocenters. The number of piperidine rings is 1. The van der Waals surface area contributed by atoms with Crippen molar-refractivity contribution in [3.8, 4) is 11.3 Å². The number of fused-ring (bicyclic) bond motifs is 1. The molecule has 0 aliphatic carbocycles. The molecule has 2 unspecified atom stereocenters. The van der Waals surface area contributed by atoms with Gasteiger partial charge in [0.1, 0.15) is 6.04 Å². The molecular weight excluding hydrogens is 424 g/mol. The molecule has 1 saturated heterocycles. The van der Waals surface area contributed by atoms with Crippen LogP contribution in [0.5, 0.6) is 0 Å². The summed E-state index contributed by atoms with van der Waals surface area (Å²) in [5, 5.41) is 9.81. The van der Waals surface area contributed by atoms with E-state index in [1.54, 1.807) is 0 Å². The van der Waals surface area contributed by atoms with Crippen molar-refractivity contribution < 1.29 is 9.59 Å². The maximum Gasteiger partial charge on any atom is 0.315 e. The van der Waals surface area contributed by atoms with Crippen LogP contribution < -0.4 is 16.0 Å². The van der Waals surface area contributed by atoms with Gasteiger partial charge in [-0.25, -0.2) is 4.79 Å². The fourth-order valence-corrected chi connectivity index (χ4v) is 4.74. The summed E-state index contributed by atoms with van der Waals surface area (Å²) in [6.45, 7) is 1.06. The normalized spacial score (nSPS) is 16.6. The highest BCUT2D eigenvalue weighted by molar-refractivity contribution is 5.92. The number of aromatic nitrogens is 1. The Balaban J connectivity index is 1.50. The van der Waals surface area contributed by atoms with Crippen LogP contribution in [0.1, 0.15) is 29.9 Å². The molecule has 0 bridgehead atoms. The molecule has 0 radical (unpaired) electrons. The van der Waals surface area contributed by atoms with E-state index >= 15 is 0 Å². The van der Waals surface area contributed by atoms with E-state index in [0.29, 0.717) is 19.5 Å². The second-order valence-electron chi connectivity index (χ2n) is 8.63. The van der Waals surface area contributed by atoms with E-state index in [1.807, 2.05) is 48.5 Å². The van der Waals surface area contributed by atoms with Gasteiger partial charge in [0.25, 0.3) is 0 Å². The maximum absolute atomic E-state index is 12.8. The molecule has 6 heteroatoms. The van der Waals surface area contributed by atoms with Crippen molar-refractivity contribution >= 4 is 22.8 Å². The Kier molecular flexibility index (Phi) is 6.29. The first-order valence-electron chi connectivity index (χ1n) is 11.7. The molecule has 3 aromatic carbocycles. The quantitative estimate of drug-likeness (QED) is 0.346. The Labute approximate surface area is 198 Å². The van der Waals surface area contributed by atoms with Gasteiger partial charge in [-0.3, -0.25) is 4.79 Å². The van der Waals surface area contributed by atoms with Crippen LogP contribution in [0.15, 0.2) is 84.9 Å². The summed E-state index contributed by atoms with van der Waals surface area (Å²) in [5.41, 5.74) is 5.45. The van der Waals surface area contributed by atoms with Gasteiger partial charge in [0.15, 0.2) is 0 Å². The monoisotopic (exact) mass is 452 g/mol. The summed E-state index contributed by atoms with van der Waals surface area (Å²) in [6, 6.07) is 27.9. The first kappa shape index (κ1) is 21.8. The van der Waals surface area contributed by atoms with Gasteiger partial charge in [-0.1, -0.05) is 78.9 Å². The van der Waals surface area contributed by atoms with Crippen molar-refractivity contribution in [2.24, 2.45) is 0 Å². The number of carbonyl (C=O) groups is 2. The van der Waals surface area contributed by atoms with Crippen LogP contribution in [0, 0.1) is 0 Å². The van der Waals surface area contributed by atoms with Gasteiger partial charge in [0.05, 0.1) is 5.69 Å². The average molecular weight is 453 g/mol. The van der Waals surface area contributed by atoms with E-state index in [2.05, 4.69) is 57.3 Å². The zero-order valence-electron chi connectivity index (χ0n) is 18.9. The minimum atomic E-state index is -0.489. The van der Waals surface area contributed by atoms with Gasteiger partial charge in [-0.05, 0) is 35.6 Å². The van der Waals surface area contributed by atoms with Crippen LogP contribution >= 0.6 is 0 Å². The topological polar surface area (TPSA) is 86.0 Å². The zero-order valence-corrected chi connectivity index (χ0v) is 18.9. The number of urea groups is 1. The summed E-state index contributed by atoms with van der Waals surface area (Å²) in [4.78, 5) is 28.4. The Morgan fingerprint density at radius 3 is 2.41 bits per heavy atom. The Morgan fingerprint density at radius 1 is 0.941 bits per heavy atom. The SMILES string of the molecule is O=C(NCC(c1ccccc1)c1c(-c2ccccc2)[nH]c2ccccc12)NC1CCCNC1=O. The van der Waals surface area contributed by atoms with Gasteiger partial charge in [0.2, 0.25) is 5.91 Å². The van der Waals surface area contributed by atoms with Crippen molar-refractivity contribution in [3.05, 3.63) is 96.1 Å². The van der Waals surface area contributed by atoms with Gasteiger partial charge in [0, 0.05) is 29.9 Å². The van der Waals surface area contributed by atoms with Crippen LogP contribution in [0.4, 0.5) is 4.79 Å². The minimum absolute atomic E-state index is 0.0847. The Bertz CT molecular complexity index is 1280. The summed E-state index contributed by atoms with van der Waals surface area (Å²) in [7, 11) is 0. The largest absolute Gasteiger partial charge is 0.354 e. The Morgan fingerprint density at radius 2 is 1.65 bits per heavy atom. The Hall–Kier alpha value is -4.06. The number of carbonyl (C=O) groups excluding carboxylic acids is 2. The first-order chi connectivity index (χ1) is 16.7. The molecule has 0 saturated carbocycles. The third-order valence-corrected chi connectivity index (χ3v) is 6.42. The van der Waals surface area contributed by atoms with Crippen LogP contribution in [0.25, 0.3) is 22.2 Å². The number of aromatic amines is 1. The first-order valence-corrected chi connectivity index (χ1v) is 11.7. The lowest BCUT2D eigenvalue weighted by atomic mass is 9.87. The lowest BCUT2D eigenvalue weighted by Crippen LogP contribution is -2.53. The highest BCUT2D eigenvalue weighted by atomic mass is 16.2. The van der Waals surface area contributed by atoms with E-state index in [9.17, 15) is 9.59 Å². The second-order valence-corrected chi connectivity index (χ2v) is 8.63. The number of hydrogen-bond donors (Lipinski definition) is 4. The highest BCUT2D eigenvalue weighted by Crippen LogP contribution is 2.38. The second kappa shape index (κ2) is 9.83. The molecule has 4 N–H and O–H groups in total. The molecule has 1 aromatic heterocycles. The molecule has 3 amide bonds. The number of hydrogen-bond acceptors (Lipinski definition) is 2. The number of nitrogens with one attached hydrogen (secondary N) is 4. The van der Waals surface area contributed by atoms with Crippen molar-refractivity contribution in [3.63, 3.8) is 0 Å². The van der Waals surface area contributed by atoms with Crippen LogP contribution in [0.2, 0.25) is 0 Å². The van der Waals surface area contributed by atoms with Crippen LogP contribution in [0.3, 0.4) is 0 Å². The number of para-hydroxylation sites is 1. The molecule has 4 aromatic rings. The summed E-state index contributed by atoms with van der Waals surface area (Å²) in [6.07, 6.45) is 1.51. The third kappa shape index (κ3) is 4.53. The van der Waals surface area contributed by atoms with E-state index < -0.39 is 6.04 Å². The number of amides is 3. The molecule has 0 spiro atoms. The van der Waals surface area contributed by atoms with Gasteiger partial charge in [-0.2, -0.15) is 0 Å². The van der Waals surface area contributed by atoms with Gasteiger partial charge < -0.3 is 20.9 Å². The smallest absolute Gasteiger partial charge is 0.315 e. The highest BCUT2D eigenvalue weighted by Gasteiger charge is 2.26. The molecule has 172 valence electrons. The zero-order chi connectivity index (χ0) is 23.3. The van der Waals surface area contributed by atoms with Crippen LogP contribution in [-0.2, 0) is 4.79 Å². The molecule has 1 aliphatic heterocycles.